The van der Waals surface area contributed by atoms with Gasteiger partial charge in [-0.2, -0.15) is 0 Å². The van der Waals surface area contributed by atoms with Crippen LogP contribution in [0, 0.1) is 5.92 Å². The van der Waals surface area contributed by atoms with E-state index in [1.807, 2.05) is 18.2 Å². The SMILES string of the molecule is C[C@@H]1CCCN(c2ccc(CO)cc2N)C1. The van der Waals surface area contributed by atoms with Crippen molar-refractivity contribution in [3.8, 4) is 0 Å². The highest BCUT2D eigenvalue weighted by Gasteiger charge is 2.18. The van der Waals surface area contributed by atoms with Gasteiger partial charge in [-0.25, -0.2) is 0 Å². The molecule has 1 saturated heterocycles. The van der Waals surface area contributed by atoms with Gasteiger partial charge in [-0.15, -0.1) is 0 Å². The third-order valence-electron chi connectivity index (χ3n) is 3.27. The van der Waals surface area contributed by atoms with Crippen LogP contribution < -0.4 is 10.6 Å². The first-order chi connectivity index (χ1) is 7.70. The summed E-state index contributed by atoms with van der Waals surface area (Å²) in [6.07, 6.45) is 2.55. The monoisotopic (exact) mass is 220 g/mol. The minimum atomic E-state index is 0.0564. The number of hydrogen-bond donors (Lipinski definition) is 2. The average Bonchev–Trinajstić information content (AvgIpc) is 2.28. The molecule has 1 heterocycles. The smallest absolute Gasteiger partial charge is 0.0682 e. The maximum absolute atomic E-state index is 9.04. The Balaban J connectivity index is 2.19. The quantitative estimate of drug-likeness (QED) is 0.749. The van der Waals surface area contributed by atoms with Gasteiger partial charge < -0.3 is 15.7 Å². The Labute approximate surface area is 96.9 Å². The molecular weight excluding hydrogens is 200 g/mol. The molecule has 0 amide bonds. The van der Waals surface area contributed by atoms with Crippen molar-refractivity contribution in [3.63, 3.8) is 0 Å². The van der Waals surface area contributed by atoms with Crippen LogP contribution in [0.3, 0.4) is 0 Å². The molecule has 0 saturated carbocycles. The van der Waals surface area contributed by atoms with E-state index in [1.54, 1.807) is 0 Å². The van der Waals surface area contributed by atoms with E-state index in [9.17, 15) is 0 Å². The Hall–Kier alpha value is -1.22. The third-order valence-corrected chi connectivity index (χ3v) is 3.27. The fraction of sp³-hybridized carbons (Fsp3) is 0.538. The molecule has 1 aliphatic rings. The maximum atomic E-state index is 9.04. The van der Waals surface area contributed by atoms with Crippen LogP contribution in [0.25, 0.3) is 0 Å². The molecule has 1 aromatic rings. The van der Waals surface area contributed by atoms with Crippen molar-refractivity contribution < 1.29 is 5.11 Å². The second-order valence-electron chi connectivity index (χ2n) is 4.74. The van der Waals surface area contributed by atoms with Crippen molar-refractivity contribution >= 4 is 11.4 Å². The van der Waals surface area contributed by atoms with Crippen molar-refractivity contribution in [3.05, 3.63) is 23.8 Å². The fourth-order valence-electron chi connectivity index (χ4n) is 2.40. The van der Waals surface area contributed by atoms with Gasteiger partial charge in [-0.3, -0.25) is 0 Å². The molecular formula is C13H20N2O. The van der Waals surface area contributed by atoms with E-state index < -0.39 is 0 Å². The van der Waals surface area contributed by atoms with Gasteiger partial charge in [0.15, 0.2) is 0 Å². The number of nitrogens with two attached hydrogens (primary N) is 1. The lowest BCUT2D eigenvalue weighted by molar-refractivity contribution is 0.282. The first-order valence-electron chi connectivity index (χ1n) is 5.95. The van der Waals surface area contributed by atoms with Crippen LogP contribution in [0.1, 0.15) is 25.3 Å². The molecule has 2 rings (SSSR count). The highest BCUT2D eigenvalue weighted by Crippen LogP contribution is 2.28. The molecule has 1 aliphatic heterocycles. The van der Waals surface area contributed by atoms with Crippen LogP contribution in [0.5, 0.6) is 0 Å². The van der Waals surface area contributed by atoms with Gasteiger partial charge in [0.1, 0.15) is 0 Å². The molecule has 88 valence electrons. The van der Waals surface area contributed by atoms with Gasteiger partial charge in [0.25, 0.3) is 0 Å². The van der Waals surface area contributed by atoms with E-state index in [1.165, 1.54) is 12.8 Å². The van der Waals surface area contributed by atoms with Crippen LogP contribution in [0.2, 0.25) is 0 Å². The van der Waals surface area contributed by atoms with Crippen molar-refractivity contribution in [2.24, 2.45) is 5.92 Å². The molecule has 1 atom stereocenters. The molecule has 3 nitrogen and oxygen atoms in total. The number of hydrogen-bond acceptors (Lipinski definition) is 3. The van der Waals surface area contributed by atoms with Gasteiger partial charge in [0.05, 0.1) is 18.0 Å². The number of benzene rings is 1. The van der Waals surface area contributed by atoms with Crippen molar-refractivity contribution in [2.75, 3.05) is 23.7 Å². The topological polar surface area (TPSA) is 49.5 Å². The standard InChI is InChI=1S/C13H20N2O/c1-10-3-2-6-15(8-10)13-5-4-11(9-16)7-12(13)14/h4-5,7,10,16H,2-3,6,8-9,14H2,1H3/t10-/m1/s1. The maximum Gasteiger partial charge on any atom is 0.0682 e. The second kappa shape index (κ2) is 4.74. The number of piperidine rings is 1. The molecule has 16 heavy (non-hydrogen) atoms. The zero-order chi connectivity index (χ0) is 11.5. The summed E-state index contributed by atoms with van der Waals surface area (Å²) in [5, 5.41) is 9.04. The van der Waals surface area contributed by atoms with E-state index in [0.717, 1.165) is 35.9 Å². The summed E-state index contributed by atoms with van der Waals surface area (Å²) in [6.45, 7) is 4.51. The summed E-state index contributed by atoms with van der Waals surface area (Å²) in [4.78, 5) is 2.35. The Morgan fingerprint density at radius 1 is 1.50 bits per heavy atom. The predicted molar refractivity (Wildman–Crippen MR) is 67.4 cm³/mol. The molecule has 0 bridgehead atoms. The van der Waals surface area contributed by atoms with Crippen LogP contribution in [0.15, 0.2) is 18.2 Å². The largest absolute Gasteiger partial charge is 0.397 e. The van der Waals surface area contributed by atoms with E-state index in [2.05, 4.69) is 11.8 Å². The third kappa shape index (κ3) is 2.30. The van der Waals surface area contributed by atoms with Crippen LogP contribution in [-0.4, -0.2) is 18.2 Å². The second-order valence-corrected chi connectivity index (χ2v) is 4.74. The summed E-state index contributed by atoms with van der Waals surface area (Å²) >= 11 is 0. The van der Waals surface area contributed by atoms with Crippen LogP contribution in [0.4, 0.5) is 11.4 Å². The number of aliphatic hydroxyl groups is 1. The molecule has 3 N–H and O–H groups in total. The summed E-state index contributed by atoms with van der Waals surface area (Å²) in [6, 6.07) is 5.85. The lowest BCUT2D eigenvalue weighted by atomic mass is 9.99. The van der Waals surface area contributed by atoms with E-state index >= 15 is 0 Å². The van der Waals surface area contributed by atoms with Gasteiger partial charge in [-0.1, -0.05) is 13.0 Å². The Morgan fingerprint density at radius 3 is 2.94 bits per heavy atom. The number of nitrogens with zero attached hydrogens (tertiary/aromatic N) is 1. The fourth-order valence-corrected chi connectivity index (χ4v) is 2.40. The van der Waals surface area contributed by atoms with Gasteiger partial charge in [0.2, 0.25) is 0 Å². The van der Waals surface area contributed by atoms with E-state index in [4.69, 9.17) is 10.8 Å². The summed E-state index contributed by atoms with van der Waals surface area (Å²) in [5.41, 5.74) is 8.79. The molecule has 3 heteroatoms. The summed E-state index contributed by atoms with van der Waals surface area (Å²) in [5.74, 6) is 0.741. The minimum absolute atomic E-state index is 0.0564. The highest BCUT2D eigenvalue weighted by atomic mass is 16.3. The van der Waals surface area contributed by atoms with Crippen molar-refractivity contribution in [1.29, 1.82) is 0 Å². The van der Waals surface area contributed by atoms with Crippen molar-refractivity contribution in [2.45, 2.75) is 26.4 Å². The van der Waals surface area contributed by atoms with Gasteiger partial charge in [-0.05, 0) is 36.5 Å². The number of rotatable bonds is 2. The van der Waals surface area contributed by atoms with E-state index in [0.29, 0.717) is 0 Å². The lowest BCUT2D eigenvalue weighted by Gasteiger charge is -2.33. The number of nitrogen functional groups attached to an aromatic ring is 1. The van der Waals surface area contributed by atoms with Gasteiger partial charge >= 0.3 is 0 Å². The average molecular weight is 220 g/mol. The Bertz CT molecular complexity index is 365. The minimum Gasteiger partial charge on any atom is -0.397 e. The van der Waals surface area contributed by atoms with Crippen LogP contribution in [-0.2, 0) is 6.61 Å². The predicted octanol–water partition coefficient (Wildman–Crippen LogP) is 2.00. The summed E-state index contributed by atoms with van der Waals surface area (Å²) < 4.78 is 0. The normalized spacial score (nSPS) is 21.1. The highest BCUT2D eigenvalue weighted by molar-refractivity contribution is 5.68. The molecule has 1 aromatic carbocycles. The molecule has 0 radical (unpaired) electrons. The van der Waals surface area contributed by atoms with Crippen LogP contribution >= 0.6 is 0 Å². The molecule has 0 unspecified atom stereocenters. The zero-order valence-electron chi connectivity index (χ0n) is 9.82. The van der Waals surface area contributed by atoms with E-state index in [-0.39, 0.29) is 6.61 Å². The Kier molecular flexibility index (Phi) is 3.34. The summed E-state index contributed by atoms with van der Waals surface area (Å²) in [7, 11) is 0. The molecule has 0 aliphatic carbocycles. The molecule has 0 aromatic heterocycles. The Morgan fingerprint density at radius 2 is 2.31 bits per heavy atom. The van der Waals surface area contributed by atoms with Crippen molar-refractivity contribution in [1.82, 2.24) is 0 Å². The number of anilines is 2. The van der Waals surface area contributed by atoms with Gasteiger partial charge in [0, 0.05) is 13.1 Å². The lowest BCUT2D eigenvalue weighted by Crippen LogP contribution is -2.34. The molecule has 0 spiro atoms. The molecule has 1 fully saturated rings. The first kappa shape index (κ1) is 11.3. The first-order valence-corrected chi connectivity index (χ1v) is 5.95. The zero-order valence-corrected chi connectivity index (χ0v) is 9.82. The number of aliphatic hydroxyl groups excluding tert-OH is 1.